The number of benzene rings is 1. The van der Waals surface area contributed by atoms with Gasteiger partial charge in [-0.2, -0.15) is 0 Å². The Bertz CT molecular complexity index is 476. The van der Waals surface area contributed by atoms with Crippen molar-refractivity contribution in [3.8, 4) is 0 Å². The van der Waals surface area contributed by atoms with Crippen LogP contribution in [0.5, 0.6) is 0 Å². The van der Waals surface area contributed by atoms with Crippen LogP contribution in [0.1, 0.15) is 19.4 Å². The molecule has 0 bridgehead atoms. The monoisotopic (exact) mass is 302 g/mol. The molecule has 0 heterocycles. The summed E-state index contributed by atoms with van der Waals surface area (Å²) in [6.07, 6.45) is 0.538. The highest BCUT2D eigenvalue weighted by Crippen LogP contribution is 2.20. The first-order valence-corrected chi connectivity index (χ1v) is 6.68. The van der Waals surface area contributed by atoms with E-state index in [1.54, 1.807) is 32.0 Å². The van der Waals surface area contributed by atoms with E-state index in [9.17, 15) is 9.59 Å². The largest absolute Gasteiger partial charge is 0.348 e. The standard InChI is InChI=1S/C13H16Cl2N2O2/c1-8(2)17-13(19)12(18)16-6-5-9-3-4-10(14)7-11(9)15/h3-4,7-8H,5-6H2,1-2H3,(H,16,18)(H,17,19). The number of hydrogen-bond donors (Lipinski definition) is 2. The Balaban J connectivity index is 2.42. The minimum Gasteiger partial charge on any atom is -0.348 e. The lowest BCUT2D eigenvalue weighted by molar-refractivity contribution is -0.139. The maximum Gasteiger partial charge on any atom is 0.309 e. The lowest BCUT2D eigenvalue weighted by atomic mass is 10.1. The number of halogens is 2. The van der Waals surface area contributed by atoms with Crippen molar-refractivity contribution in [2.75, 3.05) is 6.54 Å². The summed E-state index contributed by atoms with van der Waals surface area (Å²) in [6.45, 7) is 3.92. The summed E-state index contributed by atoms with van der Waals surface area (Å²) < 4.78 is 0. The van der Waals surface area contributed by atoms with Gasteiger partial charge in [0.05, 0.1) is 0 Å². The first-order chi connectivity index (χ1) is 8.90. The van der Waals surface area contributed by atoms with Gasteiger partial charge in [0.15, 0.2) is 0 Å². The molecule has 2 amide bonds. The van der Waals surface area contributed by atoms with Crippen LogP contribution in [0.15, 0.2) is 18.2 Å². The third kappa shape index (κ3) is 5.49. The second-order valence-corrected chi connectivity index (χ2v) is 5.21. The molecule has 1 aromatic carbocycles. The van der Waals surface area contributed by atoms with E-state index in [0.717, 1.165) is 5.56 Å². The average Bonchev–Trinajstić information content (AvgIpc) is 2.30. The molecule has 0 aliphatic rings. The van der Waals surface area contributed by atoms with E-state index in [4.69, 9.17) is 23.2 Å². The molecule has 0 unspecified atom stereocenters. The molecule has 0 aliphatic heterocycles. The molecule has 0 saturated carbocycles. The third-order valence-electron chi connectivity index (χ3n) is 2.32. The lowest BCUT2D eigenvalue weighted by Gasteiger charge is -2.09. The van der Waals surface area contributed by atoms with Gasteiger partial charge in [0, 0.05) is 22.6 Å². The van der Waals surface area contributed by atoms with Crippen molar-refractivity contribution in [3.05, 3.63) is 33.8 Å². The van der Waals surface area contributed by atoms with Crippen molar-refractivity contribution in [2.24, 2.45) is 0 Å². The highest BCUT2D eigenvalue weighted by molar-refractivity contribution is 6.35. The van der Waals surface area contributed by atoms with E-state index < -0.39 is 11.8 Å². The van der Waals surface area contributed by atoms with Crippen molar-refractivity contribution in [3.63, 3.8) is 0 Å². The molecular formula is C13H16Cl2N2O2. The van der Waals surface area contributed by atoms with Crippen molar-refractivity contribution < 1.29 is 9.59 Å². The fourth-order valence-electron chi connectivity index (χ4n) is 1.44. The molecule has 0 radical (unpaired) electrons. The van der Waals surface area contributed by atoms with Gasteiger partial charge in [-0.1, -0.05) is 29.3 Å². The van der Waals surface area contributed by atoms with E-state index in [-0.39, 0.29) is 6.04 Å². The van der Waals surface area contributed by atoms with Crippen molar-refractivity contribution >= 4 is 35.0 Å². The van der Waals surface area contributed by atoms with Gasteiger partial charge in [-0.15, -0.1) is 0 Å². The highest BCUT2D eigenvalue weighted by atomic mass is 35.5. The number of hydrogen-bond acceptors (Lipinski definition) is 2. The van der Waals surface area contributed by atoms with Crippen molar-refractivity contribution in [1.29, 1.82) is 0 Å². The predicted octanol–water partition coefficient (Wildman–Crippen LogP) is 2.18. The van der Waals surface area contributed by atoms with E-state index >= 15 is 0 Å². The summed E-state index contributed by atoms with van der Waals surface area (Å²) in [5.74, 6) is -1.27. The second kappa shape index (κ2) is 7.36. The Morgan fingerprint density at radius 3 is 2.47 bits per heavy atom. The summed E-state index contributed by atoms with van der Waals surface area (Å²) >= 11 is 11.8. The zero-order valence-electron chi connectivity index (χ0n) is 10.8. The van der Waals surface area contributed by atoms with Crippen LogP contribution in [0.4, 0.5) is 0 Å². The number of nitrogens with one attached hydrogen (secondary N) is 2. The van der Waals surface area contributed by atoms with E-state index in [0.29, 0.717) is 23.0 Å². The van der Waals surface area contributed by atoms with Crippen molar-refractivity contribution in [2.45, 2.75) is 26.3 Å². The van der Waals surface area contributed by atoms with Gasteiger partial charge in [-0.25, -0.2) is 0 Å². The van der Waals surface area contributed by atoms with Gasteiger partial charge in [0.25, 0.3) is 0 Å². The Hall–Kier alpha value is -1.26. The van der Waals surface area contributed by atoms with Gasteiger partial charge in [-0.05, 0) is 38.0 Å². The Morgan fingerprint density at radius 2 is 1.89 bits per heavy atom. The smallest absolute Gasteiger partial charge is 0.309 e. The van der Waals surface area contributed by atoms with Crippen LogP contribution in [0, 0.1) is 0 Å². The molecule has 0 fully saturated rings. The summed E-state index contributed by atoms with van der Waals surface area (Å²) in [7, 11) is 0. The van der Waals surface area contributed by atoms with Crippen LogP contribution in [0.3, 0.4) is 0 Å². The summed E-state index contributed by atoms with van der Waals surface area (Å²) in [6, 6.07) is 5.11. The van der Waals surface area contributed by atoms with Crippen LogP contribution in [0.25, 0.3) is 0 Å². The van der Waals surface area contributed by atoms with Crippen molar-refractivity contribution in [1.82, 2.24) is 10.6 Å². The fourth-order valence-corrected chi connectivity index (χ4v) is 1.95. The lowest BCUT2D eigenvalue weighted by Crippen LogP contribution is -2.43. The van der Waals surface area contributed by atoms with Crippen LogP contribution < -0.4 is 10.6 Å². The van der Waals surface area contributed by atoms with Gasteiger partial charge in [0.2, 0.25) is 0 Å². The third-order valence-corrected chi connectivity index (χ3v) is 2.91. The maximum atomic E-state index is 11.4. The Kier molecular flexibility index (Phi) is 6.12. The molecule has 6 heteroatoms. The van der Waals surface area contributed by atoms with Crippen LogP contribution >= 0.6 is 23.2 Å². The van der Waals surface area contributed by atoms with E-state index in [2.05, 4.69) is 10.6 Å². The minimum absolute atomic E-state index is 0.0658. The van der Waals surface area contributed by atoms with Crippen LogP contribution in [0.2, 0.25) is 10.0 Å². The maximum absolute atomic E-state index is 11.4. The van der Waals surface area contributed by atoms with Gasteiger partial charge < -0.3 is 10.6 Å². The fraction of sp³-hybridized carbons (Fsp3) is 0.385. The molecule has 1 aromatic rings. The first-order valence-electron chi connectivity index (χ1n) is 5.92. The van der Waals surface area contributed by atoms with Gasteiger partial charge in [-0.3, -0.25) is 9.59 Å². The molecule has 2 N–H and O–H groups in total. The van der Waals surface area contributed by atoms with E-state index in [1.165, 1.54) is 0 Å². The van der Waals surface area contributed by atoms with Crippen LogP contribution in [-0.2, 0) is 16.0 Å². The minimum atomic E-state index is -0.640. The van der Waals surface area contributed by atoms with Gasteiger partial charge in [0.1, 0.15) is 0 Å². The number of carbonyl (C=O) groups is 2. The average molecular weight is 303 g/mol. The molecule has 1 rings (SSSR count). The number of rotatable bonds is 4. The molecule has 0 saturated heterocycles. The Labute approximate surface area is 122 Å². The topological polar surface area (TPSA) is 58.2 Å². The second-order valence-electron chi connectivity index (χ2n) is 4.37. The molecule has 0 spiro atoms. The first kappa shape index (κ1) is 15.8. The number of carbonyl (C=O) groups excluding carboxylic acids is 2. The molecule has 19 heavy (non-hydrogen) atoms. The molecule has 4 nitrogen and oxygen atoms in total. The summed E-state index contributed by atoms with van der Waals surface area (Å²) in [5.41, 5.74) is 0.871. The predicted molar refractivity (Wildman–Crippen MR) is 76.5 cm³/mol. The highest BCUT2D eigenvalue weighted by Gasteiger charge is 2.13. The van der Waals surface area contributed by atoms with Gasteiger partial charge >= 0.3 is 11.8 Å². The molecule has 0 aliphatic carbocycles. The van der Waals surface area contributed by atoms with Crippen LogP contribution in [-0.4, -0.2) is 24.4 Å². The molecule has 0 atom stereocenters. The zero-order valence-corrected chi connectivity index (χ0v) is 12.3. The summed E-state index contributed by atoms with van der Waals surface area (Å²) in [4.78, 5) is 22.8. The normalized spacial score (nSPS) is 10.4. The number of amides is 2. The van der Waals surface area contributed by atoms with E-state index in [1.807, 2.05) is 0 Å². The summed E-state index contributed by atoms with van der Waals surface area (Å²) in [5, 5.41) is 6.16. The molecule has 104 valence electrons. The molecular weight excluding hydrogens is 287 g/mol. The quantitative estimate of drug-likeness (QED) is 0.838. The zero-order chi connectivity index (χ0) is 14.4. The SMILES string of the molecule is CC(C)NC(=O)C(=O)NCCc1ccc(Cl)cc1Cl. The Morgan fingerprint density at radius 1 is 1.21 bits per heavy atom. The molecule has 0 aromatic heterocycles.